The highest BCUT2D eigenvalue weighted by molar-refractivity contribution is 14.1. The van der Waals surface area contributed by atoms with Gasteiger partial charge in [-0.3, -0.25) is 4.90 Å². The van der Waals surface area contributed by atoms with Gasteiger partial charge in [-0.1, -0.05) is 15.9 Å². The van der Waals surface area contributed by atoms with E-state index < -0.39 is 0 Å². The number of hydrogen-bond acceptors (Lipinski definition) is 4. The monoisotopic (exact) mass is 530 g/mol. The molecule has 2 atom stereocenters. The average molecular weight is 531 g/mol. The van der Waals surface area contributed by atoms with Crippen LogP contribution in [0.3, 0.4) is 0 Å². The lowest BCUT2D eigenvalue weighted by atomic mass is 9.78. The second-order valence-electron chi connectivity index (χ2n) is 7.49. The number of hydrogen-bond donors (Lipinski definition) is 1. The summed E-state index contributed by atoms with van der Waals surface area (Å²) in [7, 11) is 0. The lowest BCUT2D eigenvalue weighted by Crippen LogP contribution is -2.58. The second kappa shape index (κ2) is 6.12. The molecule has 2 N–H and O–H groups in total. The van der Waals surface area contributed by atoms with Gasteiger partial charge in [0, 0.05) is 30.5 Å². The first kappa shape index (κ1) is 18.1. The van der Waals surface area contributed by atoms with Gasteiger partial charge in [0.15, 0.2) is 0 Å². The van der Waals surface area contributed by atoms with Crippen LogP contribution in [-0.2, 0) is 5.54 Å². The highest BCUT2D eigenvalue weighted by atomic mass is 127. The molecular weight excluding hydrogens is 511 g/mol. The molecule has 1 saturated heterocycles. The Labute approximate surface area is 174 Å². The fourth-order valence-corrected chi connectivity index (χ4v) is 6.39. The first-order valence-corrected chi connectivity index (χ1v) is 11.1. The topological polar surface area (TPSA) is 38.5 Å². The molecule has 0 aromatic heterocycles. The Morgan fingerprint density at radius 3 is 2.52 bits per heavy atom. The molecule has 1 spiro atoms. The van der Waals surface area contributed by atoms with Crippen LogP contribution in [0.2, 0.25) is 0 Å². The maximum atomic E-state index is 6.60. The molecule has 2 unspecified atom stereocenters. The zero-order valence-electron chi connectivity index (χ0n) is 14.3. The first-order chi connectivity index (χ1) is 11.7. The fourth-order valence-electron chi connectivity index (χ4n) is 4.03. The maximum Gasteiger partial charge on any atom is 0.132 e. The van der Waals surface area contributed by atoms with Crippen LogP contribution in [0.4, 0.5) is 0 Å². The van der Waals surface area contributed by atoms with E-state index in [9.17, 15) is 0 Å². The van der Waals surface area contributed by atoms with Crippen molar-refractivity contribution < 1.29 is 4.74 Å². The molecule has 2 aromatic rings. The van der Waals surface area contributed by atoms with E-state index in [1.165, 1.54) is 14.7 Å². The van der Waals surface area contributed by atoms with E-state index >= 15 is 0 Å². The Hall–Kier alpha value is -0.280. The molecule has 0 aliphatic carbocycles. The minimum atomic E-state index is -0.295. The summed E-state index contributed by atoms with van der Waals surface area (Å²) in [5.41, 5.74) is 8.55. The van der Waals surface area contributed by atoms with E-state index in [4.69, 9.17) is 10.5 Å². The van der Waals surface area contributed by atoms with Gasteiger partial charge in [0.25, 0.3) is 0 Å². The minimum absolute atomic E-state index is 0.0596. The molecule has 2 aliphatic heterocycles. The summed E-state index contributed by atoms with van der Waals surface area (Å²) in [6.07, 6.45) is 0. The standard InChI is InChI=1S/C19H20BrIN2OS/c1-18(2,3)23-17(22)25-10-19(23)13-8-11(20)4-6-15(13)24-16-7-5-12(21)9-14(16)19/h4-9,17H,10,22H2,1-3H3. The maximum absolute atomic E-state index is 6.60. The number of rotatable bonds is 0. The number of ether oxygens (including phenoxy) is 1. The zero-order valence-corrected chi connectivity index (χ0v) is 18.9. The summed E-state index contributed by atoms with van der Waals surface area (Å²) < 4.78 is 8.53. The van der Waals surface area contributed by atoms with Gasteiger partial charge in [0.1, 0.15) is 17.0 Å². The summed E-state index contributed by atoms with van der Waals surface area (Å²) in [4.78, 5) is 2.45. The molecule has 2 aromatic carbocycles. The molecule has 132 valence electrons. The van der Waals surface area contributed by atoms with Crippen LogP contribution in [-0.4, -0.2) is 21.7 Å². The van der Waals surface area contributed by atoms with Gasteiger partial charge >= 0.3 is 0 Å². The molecule has 0 bridgehead atoms. The van der Waals surface area contributed by atoms with Crippen LogP contribution in [0.1, 0.15) is 31.9 Å². The predicted molar refractivity (Wildman–Crippen MR) is 116 cm³/mol. The number of fused-ring (bicyclic) bond motifs is 4. The smallest absolute Gasteiger partial charge is 0.132 e. The fraction of sp³-hybridized carbons (Fsp3) is 0.368. The molecule has 2 aliphatic rings. The van der Waals surface area contributed by atoms with Crippen LogP contribution < -0.4 is 10.5 Å². The molecule has 6 heteroatoms. The van der Waals surface area contributed by atoms with Crippen molar-refractivity contribution in [3.63, 3.8) is 0 Å². The van der Waals surface area contributed by atoms with Crippen molar-refractivity contribution >= 4 is 50.3 Å². The van der Waals surface area contributed by atoms with E-state index in [-0.39, 0.29) is 16.6 Å². The number of benzene rings is 2. The Morgan fingerprint density at radius 1 is 1.20 bits per heavy atom. The Kier molecular flexibility index (Phi) is 4.43. The summed E-state index contributed by atoms with van der Waals surface area (Å²) in [6, 6.07) is 12.7. The molecule has 1 fully saturated rings. The quantitative estimate of drug-likeness (QED) is 0.457. The van der Waals surface area contributed by atoms with Gasteiger partial charge in [0.2, 0.25) is 0 Å². The summed E-state index contributed by atoms with van der Waals surface area (Å²) >= 11 is 7.83. The molecule has 3 nitrogen and oxygen atoms in total. The second-order valence-corrected chi connectivity index (χ2v) is 10.8. The van der Waals surface area contributed by atoms with Crippen molar-refractivity contribution in [3.05, 3.63) is 55.6 Å². The molecule has 25 heavy (non-hydrogen) atoms. The number of halogens is 2. The van der Waals surface area contributed by atoms with Crippen LogP contribution in [0.5, 0.6) is 11.5 Å². The largest absolute Gasteiger partial charge is 0.457 e. The third-order valence-corrected chi connectivity index (χ3v) is 7.15. The first-order valence-electron chi connectivity index (χ1n) is 8.18. The highest BCUT2D eigenvalue weighted by Crippen LogP contribution is 2.58. The molecule has 0 radical (unpaired) electrons. The zero-order chi connectivity index (χ0) is 18.0. The van der Waals surface area contributed by atoms with E-state index in [1.54, 1.807) is 11.8 Å². The van der Waals surface area contributed by atoms with Crippen LogP contribution in [0.15, 0.2) is 40.9 Å². The number of nitrogens with zero attached hydrogens (tertiary/aromatic N) is 1. The van der Waals surface area contributed by atoms with Gasteiger partial charge in [-0.25, -0.2) is 0 Å². The van der Waals surface area contributed by atoms with Gasteiger partial charge < -0.3 is 10.5 Å². The lowest BCUT2D eigenvalue weighted by molar-refractivity contribution is 0.0378. The summed E-state index contributed by atoms with van der Waals surface area (Å²) in [5.74, 6) is 2.76. The number of nitrogens with two attached hydrogens (primary N) is 1. The highest BCUT2D eigenvalue weighted by Gasteiger charge is 2.56. The van der Waals surface area contributed by atoms with E-state index in [0.717, 1.165) is 21.7 Å². The SMILES string of the molecule is CC(C)(C)N1C(N)SCC12c1cc(Br)ccc1Oc1ccc(I)cc12. The molecule has 4 rings (SSSR count). The summed E-state index contributed by atoms with van der Waals surface area (Å²) in [6.45, 7) is 6.71. The Balaban J connectivity index is 2.07. The van der Waals surface area contributed by atoms with E-state index in [2.05, 4.69) is 94.5 Å². The predicted octanol–water partition coefficient (Wildman–Crippen LogP) is 5.49. The van der Waals surface area contributed by atoms with Crippen LogP contribution in [0, 0.1) is 3.57 Å². The van der Waals surface area contributed by atoms with E-state index in [0.29, 0.717) is 0 Å². The van der Waals surface area contributed by atoms with Crippen molar-refractivity contribution in [3.8, 4) is 11.5 Å². The third-order valence-electron chi connectivity index (χ3n) is 4.85. The van der Waals surface area contributed by atoms with Crippen LogP contribution in [0.25, 0.3) is 0 Å². The van der Waals surface area contributed by atoms with Gasteiger partial charge in [-0.15, -0.1) is 11.8 Å². The van der Waals surface area contributed by atoms with Crippen molar-refractivity contribution in [2.24, 2.45) is 5.73 Å². The normalized spacial score (nSPS) is 25.6. The third kappa shape index (κ3) is 2.76. The van der Waals surface area contributed by atoms with E-state index in [1.807, 2.05) is 6.07 Å². The van der Waals surface area contributed by atoms with Crippen molar-refractivity contribution in [1.82, 2.24) is 4.90 Å². The molecule has 2 heterocycles. The Bertz CT molecular complexity index is 800. The summed E-state index contributed by atoms with van der Waals surface area (Å²) in [5, 5.41) is 0. The average Bonchev–Trinajstić information content (AvgIpc) is 2.88. The van der Waals surface area contributed by atoms with Gasteiger partial charge in [-0.05, 0) is 79.8 Å². The minimum Gasteiger partial charge on any atom is -0.457 e. The van der Waals surface area contributed by atoms with Crippen molar-refractivity contribution in [2.45, 2.75) is 37.3 Å². The molecular formula is C19H20BrIN2OS. The lowest BCUT2D eigenvalue weighted by Gasteiger charge is -2.50. The number of thioether (sulfide) groups is 1. The molecule has 0 amide bonds. The van der Waals surface area contributed by atoms with Crippen molar-refractivity contribution in [2.75, 3.05) is 5.75 Å². The Morgan fingerprint density at radius 2 is 1.84 bits per heavy atom. The van der Waals surface area contributed by atoms with Gasteiger partial charge in [0.05, 0.1) is 5.54 Å². The van der Waals surface area contributed by atoms with Crippen molar-refractivity contribution in [1.29, 1.82) is 0 Å². The van der Waals surface area contributed by atoms with Crippen LogP contribution >= 0.6 is 50.3 Å². The van der Waals surface area contributed by atoms with Gasteiger partial charge in [-0.2, -0.15) is 0 Å². The molecule has 0 saturated carbocycles.